The molecule has 0 aliphatic heterocycles. The zero-order chi connectivity index (χ0) is 17.2. The highest BCUT2D eigenvalue weighted by Gasteiger charge is 2.12. The van der Waals surface area contributed by atoms with Crippen LogP contribution in [0.1, 0.15) is 15.9 Å². The van der Waals surface area contributed by atoms with E-state index in [1.807, 2.05) is 0 Å². The van der Waals surface area contributed by atoms with Gasteiger partial charge in [0.25, 0.3) is 5.91 Å². The monoisotopic (exact) mass is 372 g/mol. The molecule has 0 atom stereocenters. The number of hydrogen-bond donors (Lipinski definition) is 2. The van der Waals surface area contributed by atoms with Gasteiger partial charge in [0.1, 0.15) is 0 Å². The van der Waals surface area contributed by atoms with Gasteiger partial charge in [0.15, 0.2) is 0 Å². The summed E-state index contributed by atoms with van der Waals surface area (Å²) < 4.78 is 24.9. The first kappa shape index (κ1) is 17.6. The van der Waals surface area contributed by atoms with Crippen LogP contribution in [0.2, 0.25) is 10.0 Å². The van der Waals surface area contributed by atoms with E-state index in [0.717, 1.165) is 6.26 Å². The third-order valence-corrected chi connectivity index (χ3v) is 4.12. The fourth-order valence-corrected chi connectivity index (χ4v) is 2.87. The second kappa shape index (κ2) is 6.78. The van der Waals surface area contributed by atoms with Crippen LogP contribution < -0.4 is 10.0 Å². The number of benzene rings is 2. The molecule has 1 amide bonds. The zero-order valence-corrected chi connectivity index (χ0v) is 14.7. The van der Waals surface area contributed by atoms with Crippen LogP contribution in [-0.4, -0.2) is 20.6 Å². The van der Waals surface area contributed by atoms with Crippen LogP contribution in [0.15, 0.2) is 36.4 Å². The Morgan fingerprint density at radius 1 is 1.04 bits per heavy atom. The smallest absolute Gasteiger partial charge is 0.255 e. The summed E-state index contributed by atoms with van der Waals surface area (Å²) in [6.07, 6.45) is 1.06. The number of rotatable bonds is 4. The molecule has 122 valence electrons. The predicted octanol–water partition coefficient (Wildman–Crippen LogP) is 3.93. The minimum absolute atomic E-state index is 0.370. The second-order valence-electron chi connectivity index (χ2n) is 4.98. The van der Waals surface area contributed by atoms with Crippen LogP contribution in [0.25, 0.3) is 0 Å². The highest BCUT2D eigenvalue weighted by molar-refractivity contribution is 7.92. The summed E-state index contributed by atoms with van der Waals surface area (Å²) in [5.74, 6) is -0.372. The van der Waals surface area contributed by atoms with Crippen molar-refractivity contribution in [2.45, 2.75) is 6.92 Å². The Morgan fingerprint density at radius 3 is 2.35 bits per heavy atom. The third-order valence-electron chi connectivity index (χ3n) is 2.96. The van der Waals surface area contributed by atoms with Crippen LogP contribution in [0.4, 0.5) is 11.4 Å². The van der Waals surface area contributed by atoms with Gasteiger partial charge in [0.05, 0.1) is 22.7 Å². The lowest BCUT2D eigenvalue weighted by Gasteiger charge is -2.11. The van der Waals surface area contributed by atoms with Crippen molar-refractivity contribution in [3.8, 4) is 0 Å². The molecule has 0 saturated heterocycles. The number of hydrogen-bond acceptors (Lipinski definition) is 3. The zero-order valence-electron chi connectivity index (χ0n) is 12.4. The van der Waals surface area contributed by atoms with E-state index in [1.165, 1.54) is 12.1 Å². The normalized spacial score (nSPS) is 11.1. The first-order valence-electron chi connectivity index (χ1n) is 6.50. The lowest BCUT2D eigenvalue weighted by Crippen LogP contribution is -2.14. The molecule has 2 aromatic carbocycles. The van der Waals surface area contributed by atoms with E-state index in [9.17, 15) is 13.2 Å². The molecular formula is C15H14Cl2N2O3S. The summed E-state index contributed by atoms with van der Waals surface area (Å²) in [6, 6.07) is 9.40. The van der Waals surface area contributed by atoms with Crippen molar-refractivity contribution in [1.29, 1.82) is 0 Å². The summed E-state index contributed by atoms with van der Waals surface area (Å²) >= 11 is 11.9. The quantitative estimate of drug-likeness (QED) is 0.853. The van der Waals surface area contributed by atoms with E-state index in [4.69, 9.17) is 23.2 Å². The van der Waals surface area contributed by atoms with Crippen molar-refractivity contribution in [2.24, 2.45) is 0 Å². The van der Waals surface area contributed by atoms with E-state index in [-0.39, 0.29) is 5.91 Å². The van der Waals surface area contributed by atoms with Crippen LogP contribution in [0, 0.1) is 6.92 Å². The Bertz CT molecular complexity index is 867. The highest BCUT2D eigenvalue weighted by atomic mass is 35.5. The van der Waals surface area contributed by atoms with E-state index >= 15 is 0 Å². The SMILES string of the molecule is Cc1cc(C(=O)Nc2cc(Cl)ccc2Cl)ccc1NS(C)(=O)=O. The van der Waals surface area contributed by atoms with Crippen molar-refractivity contribution in [2.75, 3.05) is 16.3 Å². The van der Waals surface area contributed by atoms with Gasteiger partial charge in [-0.1, -0.05) is 23.2 Å². The minimum atomic E-state index is -3.37. The Labute approximate surface area is 144 Å². The van der Waals surface area contributed by atoms with Crippen molar-refractivity contribution in [3.05, 3.63) is 57.6 Å². The summed E-state index contributed by atoms with van der Waals surface area (Å²) in [6.45, 7) is 1.71. The van der Waals surface area contributed by atoms with Gasteiger partial charge in [-0.25, -0.2) is 8.42 Å². The number of amides is 1. The molecule has 0 spiro atoms. The lowest BCUT2D eigenvalue weighted by atomic mass is 10.1. The van der Waals surface area contributed by atoms with Gasteiger partial charge >= 0.3 is 0 Å². The number of nitrogens with one attached hydrogen (secondary N) is 2. The molecule has 2 rings (SSSR count). The summed E-state index contributed by atoms with van der Waals surface area (Å²) in [5.41, 5.74) is 1.82. The van der Waals surface area contributed by atoms with Crippen LogP contribution in [-0.2, 0) is 10.0 Å². The fourth-order valence-electron chi connectivity index (χ4n) is 1.91. The average Bonchev–Trinajstić information content (AvgIpc) is 2.43. The van der Waals surface area contributed by atoms with Gasteiger partial charge in [0, 0.05) is 10.6 Å². The molecule has 2 aromatic rings. The van der Waals surface area contributed by atoms with E-state index in [1.54, 1.807) is 31.2 Å². The molecule has 0 aliphatic rings. The maximum absolute atomic E-state index is 12.3. The molecule has 0 saturated carbocycles. The van der Waals surface area contributed by atoms with Crippen molar-refractivity contribution >= 4 is 50.5 Å². The number of sulfonamides is 1. The van der Waals surface area contributed by atoms with E-state index < -0.39 is 10.0 Å². The molecular weight excluding hydrogens is 359 g/mol. The largest absolute Gasteiger partial charge is 0.321 e. The van der Waals surface area contributed by atoms with Gasteiger partial charge in [-0.3, -0.25) is 9.52 Å². The van der Waals surface area contributed by atoms with Gasteiger partial charge in [-0.2, -0.15) is 0 Å². The third kappa shape index (κ3) is 4.86. The minimum Gasteiger partial charge on any atom is -0.321 e. The molecule has 0 fully saturated rings. The highest BCUT2D eigenvalue weighted by Crippen LogP contribution is 2.26. The fraction of sp³-hybridized carbons (Fsp3) is 0.133. The van der Waals surface area contributed by atoms with Gasteiger partial charge < -0.3 is 5.32 Å². The summed E-state index contributed by atoms with van der Waals surface area (Å²) in [7, 11) is -3.37. The van der Waals surface area contributed by atoms with Gasteiger partial charge in [-0.05, 0) is 48.9 Å². The molecule has 0 unspecified atom stereocenters. The van der Waals surface area contributed by atoms with Gasteiger partial charge in [0.2, 0.25) is 10.0 Å². The Hall–Kier alpha value is -1.76. The topological polar surface area (TPSA) is 75.3 Å². The van der Waals surface area contributed by atoms with Crippen molar-refractivity contribution in [3.63, 3.8) is 0 Å². The summed E-state index contributed by atoms with van der Waals surface area (Å²) in [4.78, 5) is 12.3. The molecule has 5 nitrogen and oxygen atoms in total. The number of anilines is 2. The van der Waals surface area contributed by atoms with Crippen LogP contribution in [0.5, 0.6) is 0 Å². The summed E-state index contributed by atoms with van der Waals surface area (Å²) in [5, 5.41) is 3.49. The first-order valence-corrected chi connectivity index (χ1v) is 9.15. The number of halogens is 2. The van der Waals surface area contributed by atoms with Crippen molar-refractivity contribution < 1.29 is 13.2 Å². The molecule has 0 aliphatic carbocycles. The van der Waals surface area contributed by atoms with Crippen LogP contribution in [0.3, 0.4) is 0 Å². The number of aryl methyl sites for hydroxylation is 1. The average molecular weight is 373 g/mol. The molecule has 8 heteroatoms. The molecule has 0 aromatic heterocycles. The maximum Gasteiger partial charge on any atom is 0.255 e. The standard InChI is InChI=1S/C15H14Cl2N2O3S/c1-9-7-10(3-6-13(9)19-23(2,21)22)15(20)18-14-8-11(16)4-5-12(14)17/h3-8,19H,1-2H3,(H,18,20). The molecule has 2 N–H and O–H groups in total. The molecule has 0 bridgehead atoms. The lowest BCUT2D eigenvalue weighted by molar-refractivity contribution is 0.102. The molecule has 0 heterocycles. The van der Waals surface area contributed by atoms with E-state index in [0.29, 0.717) is 32.5 Å². The number of carbonyl (C=O) groups excluding carboxylic acids is 1. The second-order valence-corrected chi connectivity index (χ2v) is 7.57. The first-order chi connectivity index (χ1) is 10.7. The van der Waals surface area contributed by atoms with Crippen molar-refractivity contribution in [1.82, 2.24) is 0 Å². The maximum atomic E-state index is 12.3. The molecule has 0 radical (unpaired) electrons. The Balaban J connectivity index is 2.23. The van der Waals surface area contributed by atoms with Crippen LogP contribution >= 0.6 is 23.2 Å². The Morgan fingerprint density at radius 2 is 1.74 bits per heavy atom. The molecule has 23 heavy (non-hydrogen) atoms. The number of carbonyl (C=O) groups is 1. The predicted molar refractivity (Wildman–Crippen MR) is 94.1 cm³/mol. The van der Waals surface area contributed by atoms with Gasteiger partial charge in [-0.15, -0.1) is 0 Å². The van der Waals surface area contributed by atoms with E-state index in [2.05, 4.69) is 10.0 Å². The Kier molecular flexibility index (Phi) is 5.19.